The third-order valence-electron chi connectivity index (χ3n) is 3.56. The van der Waals surface area contributed by atoms with Crippen molar-refractivity contribution in [3.63, 3.8) is 0 Å². The molecule has 0 fully saturated rings. The topological polar surface area (TPSA) is 28.7 Å². The number of hydrogen-bond acceptors (Lipinski definition) is 2. The molecule has 0 aliphatic rings. The number of hydrogen-bond donors (Lipinski definition) is 1. The van der Waals surface area contributed by atoms with Crippen molar-refractivity contribution in [1.82, 2.24) is 9.97 Å². The Morgan fingerprint density at radius 3 is 2.61 bits per heavy atom. The van der Waals surface area contributed by atoms with E-state index in [0.29, 0.717) is 31.6 Å². The van der Waals surface area contributed by atoms with Crippen molar-refractivity contribution in [1.29, 1.82) is 0 Å². The summed E-state index contributed by atoms with van der Waals surface area (Å²) in [6.07, 6.45) is -4.44. The van der Waals surface area contributed by atoms with Gasteiger partial charge in [0.05, 0.1) is 10.2 Å². The predicted molar refractivity (Wildman–Crippen MR) is 89.6 cm³/mol. The molecule has 0 aliphatic heterocycles. The Kier molecular flexibility index (Phi) is 3.24. The van der Waals surface area contributed by atoms with Crippen LogP contribution in [0.4, 0.5) is 13.2 Å². The Morgan fingerprint density at radius 1 is 1.09 bits per heavy atom. The highest BCUT2D eigenvalue weighted by molar-refractivity contribution is 9.10. The van der Waals surface area contributed by atoms with Gasteiger partial charge in [-0.15, -0.1) is 11.3 Å². The largest absolute Gasteiger partial charge is 0.443 e. The molecule has 0 radical (unpaired) electrons. The number of fused-ring (bicyclic) bond motifs is 2. The summed E-state index contributed by atoms with van der Waals surface area (Å²) in [5.74, 6) is 0. The van der Waals surface area contributed by atoms with E-state index < -0.39 is 11.2 Å². The number of nitrogens with one attached hydrogen (secondary N) is 1. The molecular formula is C16H8BrF3N2S. The maximum Gasteiger partial charge on any atom is 0.443 e. The van der Waals surface area contributed by atoms with Crippen molar-refractivity contribution in [2.45, 2.75) is 6.18 Å². The molecule has 0 unspecified atom stereocenters. The molecule has 1 N–H and O–H groups in total. The van der Waals surface area contributed by atoms with E-state index in [0.717, 1.165) is 16.6 Å². The molecule has 4 rings (SSSR count). The first-order valence-corrected chi connectivity index (χ1v) is 8.29. The SMILES string of the molecule is FC(F)(F)c1nc2c(-c3cc4ccccc4[nH]3)ccc(Br)c2s1. The van der Waals surface area contributed by atoms with Crippen LogP contribution in [-0.2, 0) is 6.18 Å². The molecule has 23 heavy (non-hydrogen) atoms. The third kappa shape index (κ3) is 2.44. The highest BCUT2D eigenvalue weighted by atomic mass is 79.9. The number of halogens is 4. The van der Waals surface area contributed by atoms with Crippen molar-refractivity contribution in [2.75, 3.05) is 0 Å². The van der Waals surface area contributed by atoms with Crippen molar-refractivity contribution in [3.05, 3.63) is 51.9 Å². The van der Waals surface area contributed by atoms with Gasteiger partial charge in [-0.1, -0.05) is 18.2 Å². The van der Waals surface area contributed by atoms with Gasteiger partial charge in [0.1, 0.15) is 0 Å². The van der Waals surface area contributed by atoms with Crippen molar-refractivity contribution in [2.24, 2.45) is 0 Å². The van der Waals surface area contributed by atoms with Gasteiger partial charge in [-0.3, -0.25) is 0 Å². The Bertz CT molecular complexity index is 1000. The van der Waals surface area contributed by atoms with Crippen LogP contribution in [0.2, 0.25) is 0 Å². The molecule has 0 saturated heterocycles. The zero-order valence-corrected chi connectivity index (χ0v) is 13.8. The van der Waals surface area contributed by atoms with E-state index in [9.17, 15) is 13.2 Å². The van der Waals surface area contributed by atoms with E-state index in [2.05, 4.69) is 25.9 Å². The predicted octanol–water partition coefficient (Wildman–Crippen LogP) is 6.23. The Balaban J connectivity index is 1.99. The smallest absolute Gasteiger partial charge is 0.354 e. The number of para-hydroxylation sites is 1. The van der Waals surface area contributed by atoms with E-state index in [-0.39, 0.29) is 0 Å². The molecule has 4 aromatic rings. The minimum absolute atomic E-state index is 0.350. The molecule has 0 bridgehead atoms. The summed E-state index contributed by atoms with van der Waals surface area (Å²) in [4.78, 5) is 7.07. The second-order valence-electron chi connectivity index (χ2n) is 5.06. The average molecular weight is 397 g/mol. The van der Waals surface area contributed by atoms with E-state index >= 15 is 0 Å². The van der Waals surface area contributed by atoms with Gasteiger partial charge < -0.3 is 4.98 Å². The Morgan fingerprint density at radius 2 is 1.87 bits per heavy atom. The quantitative estimate of drug-likeness (QED) is 0.406. The molecule has 2 heterocycles. The van der Waals surface area contributed by atoms with Crippen molar-refractivity contribution < 1.29 is 13.2 Å². The zero-order chi connectivity index (χ0) is 16.2. The van der Waals surface area contributed by atoms with Crippen LogP contribution < -0.4 is 0 Å². The number of rotatable bonds is 1. The Hall–Kier alpha value is -1.86. The first kappa shape index (κ1) is 14.7. The summed E-state index contributed by atoms with van der Waals surface area (Å²) in [7, 11) is 0. The average Bonchev–Trinajstić information content (AvgIpc) is 3.11. The van der Waals surface area contributed by atoms with Crippen LogP contribution >= 0.6 is 27.3 Å². The normalized spacial score (nSPS) is 12.3. The highest BCUT2D eigenvalue weighted by Gasteiger charge is 2.35. The molecule has 0 atom stereocenters. The summed E-state index contributed by atoms with van der Waals surface area (Å²) in [5, 5.41) is 0.168. The lowest BCUT2D eigenvalue weighted by atomic mass is 10.1. The molecule has 0 saturated carbocycles. The summed E-state index contributed by atoms with van der Waals surface area (Å²) in [6, 6.07) is 13.2. The van der Waals surface area contributed by atoms with Gasteiger partial charge in [-0.2, -0.15) is 13.2 Å². The van der Waals surface area contributed by atoms with Gasteiger partial charge >= 0.3 is 6.18 Å². The molecule has 2 aromatic carbocycles. The summed E-state index contributed by atoms with van der Waals surface area (Å²) in [6.45, 7) is 0. The third-order valence-corrected chi connectivity index (χ3v) is 5.61. The fraction of sp³-hybridized carbons (Fsp3) is 0.0625. The van der Waals surface area contributed by atoms with Crippen LogP contribution in [0.1, 0.15) is 5.01 Å². The first-order valence-electron chi connectivity index (χ1n) is 6.68. The van der Waals surface area contributed by atoms with Crippen LogP contribution in [0.25, 0.3) is 32.4 Å². The fourth-order valence-corrected chi connectivity index (χ4v) is 3.96. The number of thiazole rings is 1. The van der Waals surface area contributed by atoms with Gasteiger partial charge in [0.15, 0.2) is 5.01 Å². The summed E-state index contributed by atoms with van der Waals surface area (Å²) in [5.41, 5.74) is 2.70. The molecule has 7 heteroatoms. The lowest BCUT2D eigenvalue weighted by Gasteiger charge is -2.01. The van der Waals surface area contributed by atoms with Gasteiger partial charge in [0.2, 0.25) is 0 Å². The zero-order valence-electron chi connectivity index (χ0n) is 11.4. The maximum atomic E-state index is 13.0. The highest BCUT2D eigenvalue weighted by Crippen LogP contribution is 2.41. The molecular weight excluding hydrogens is 389 g/mol. The van der Waals surface area contributed by atoms with Gasteiger partial charge in [-0.05, 0) is 40.2 Å². The van der Waals surface area contributed by atoms with Crippen molar-refractivity contribution >= 4 is 48.4 Å². The maximum absolute atomic E-state index is 13.0. The minimum atomic E-state index is -4.44. The number of nitrogens with zero attached hydrogens (tertiary/aromatic N) is 1. The van der Waals surface area contributed by atoms with Crippen LogP contribution in [0.3, 0.4) is 0 Å². The second kappa shape index (κ2) is 5.07. The molecule has 0 aliphatic carbocycles. The van der Waals surface area contributed by atoms with E-state index in [4.69, 9.17) is 0 Å². The fourth-order valence-electron chi connectivity index (χ4n) is 2.53. The van der Waals surface area contributed by atoms with Gasteiger partial charge in [-0.25, -0.2) is 4.98 Å². The van der Waals surface area contributed by atoms with E-state index in [1.165, 1.54) is 0 Å². The first-order chi connectivity index (χ1) is 10.9. The number of alkyl halides is 3. The van der Waals surface area contributed by atoms with Gasteiger partial charge in [0.25, 0.3) is 0 Å². The van der Waals surface area contributed by atoms with E-state index in [1.807, 2.05) is 30.3 Å². The van der Waals surface area contributed by atoms with Gasteiger partial charge in [0, 0.05) is 26.6 Å². The molecule has 2 aromatic heterocycles. The molecule has 2 nitrogen and oxygen atoms in total. The Labute approximate surface area is 141 Å². The second-order valence-corrected chi connectivity index (χ2v) is 6.91. The monoisotopic (exact) mass is 396 g/mol. The standard InChI is InChI=1S/C16H8BrF3N2S/c17-10-6-5-9(12-7-8-3-1-2-4-11(8)21-12)13-14(10)23-15(22-13)16(18,19)20/h1-7,21H. The number of H-pyrrole nitrogens is 1. The number of benzene rings is 2. The minimum Gasteiger partial charge on any atom is -0.354 e. The van der Waals surface area contributed by atoms with E-state index in [1.54, 1.807) is 12.1 Å². The van der Waals surface area contributed by atoms with Crippen LogP contribution in [-0.4, -0.2) is 9.97 Å². The lowest BCUT2D eigenvalue weighted by molar-refractivity contribution is -0.137. The molecule has 116 valence electrons. The number of aromatic amines is 1. The van der Waals surface area contributed by atoms with Crippen molar-refractivity contribution in [3.8, 4) is 11.3 Å². The summed E-state index contributed by atoms with van der Waals surface area (Å²) >= 11 is 3.96. The molecule has 0 spiro atoms. The molecule has 0 amide bonds. The van der Waals surface area contributed by atoms with Crippen LogP contribution in [0.15, 0.2) is 46.9 Å². The lowest BCUT2D eigenvalue weighted by Crippen LogP contribution is -2.03. The van der Waals surface area contributed by atoms with Crippen LogP contribution in [0, 0.1) is 0 Å². The summed E-state index contributed by atoms with van der Waals surface area (Å²) < 4.78 is 40.1. The number of aromatic nitrogens is 2. The van der Waals surface area contributed by atoms with Crippen LogP contribution in [0.5, 0.6) is 0 Å².